The zero-order valence-electron chi connectivity index (χ0n) is 17.1. The summed E-state index contributed by atoms with van der Waals surface area (Å²) in [5.74, 6) is 0.631. The van der Waals surface area contributed by atoms with Gasteiger partial charge in [0, 0.05) is 11.1 Å². The molecule has 0 N–H and O–H groups in total. The number of benzene rings is 3. The summed E-state index contributed by atoms with van der Waals surface area (Å²) in [6.45, 7) is 6.33. The number of aryl methyl sites for hydroxylation is 1. The molecular weight excluding hydrogens is 368 g/mol. The Morgan fingerprint density at radius 2 is 1.57 bits per heavy atom. The van der Waals surface area contributed by atoms with E-state index in [0.717, 1.165) is 28.5 Å². The molecule has 0 saturated carbocycles. The van der Waals surface area contributed by atoms with Crippen LogP contribution >= 0.6 is 0 Å². The molecule has 2 heteroatoms. The number of rotatable bonds is 6. The van der Waals surface area contributed by atoms with Gasteiger partial charge in [0.05, 0.1) is 5.39 Å². The topological polar surface area (TPSA) is 30.2 Å². The third kappa shape index (κ3) is 4.33. The molecular formula is C28H24O2. The van der Waals surface area contributed by atoms with Crippen molar-refractivity contribution in [1.29, 1.82) is 0 Å². The van der Waals surface area contributed by atoms with Crippen LogP contribution in [-0.2, 0) is 6.42 Å². The van der Waals surface area contributed by atoms with Crippen LogP contribution in [0.25, 0.3) is 28.2 Å². The lowest BCUT2D eigenvalue weighted by Crippen LogP contribution is -2.05. The second-order valence-electron chi connectivity index (χ2n) is 7.55. The maximum Gasteiger partial charge on any atom is 0.344 e. The Balaban J connectivity index is 1.69. The molecule has 0 fully saturated rings. The van der Waals surface area contributed by atoms with E-state index in [9.17, 15) is 4.79 Å². The molecule has 1 aromatic heterocycles. The van der Waals surface area contributed by atoms with Gasteiger partial charge in [0.1, 0.15) is 5.76 Å². The standard InChI is InChI=1S/C28H24O2/c1-20-15-17-23(18-16-20)27-26(24-13-6-7-14-25(24)28(29)30-27)19-21(2)9-8-12-22-10-4-3-5-11-22/h3-8,10-18H,2,9,19H2,1H3/b12-8+. The van der Waals surface area contributed by atoms with Gasteiger partial charge < -0.3 is 4.42 Å². The van der Waals surface area contributed by atoms with Gasteiger partial charge in [0.15, 0.2) is 0 Å². The first-order chi connectivity index (χ1) is 14.6. The minimum Gasteiger partial charge on any atom is -0.422 e. The number of hydrogen-bond donors (Lipinski definition) is 0. The highest BCUT2D eigenvalue weighted by Crippen LogP contribution is 2.31. The van der Waals surface area contributed by atoms with Crippen molar-refractivity contribution in [2.45, 2.75) is 19.8 Å². The molecule has 0 aliphatic heterocycles. The van der Waals surface area contributed by atoms with Crippen molar-refractivity contribution in [3.63, 3.8) is 0 Å². The van der Waals surface area contributed by atoms with Crippen molar-refractivity contribution in [1.82, 2.24) is 0 Å². The number of hydrogen-bond acceptors (Lipinski definition) is 2. The van der Waals surface area contributed by atoms with Crippen molar-refractivity contribution in [3.05, 3.63) is 124 Å². The lowest BCUT2D eigenvalue weighted by Gasteiger charge is -2.13. The molecule has 0 spiro atoms. The molecule has 0 aliphatic carbocycles. The number of allylic oxidation sites excluding steroid dienone is 2. The minimum atomic E-state index is -0.306. The summed E-state index contributed by atoms with van der Waals surface area (Å²) in [5, 5.41) is 1.54. The van der Waals surface area contributed by atoms with Crippen LogP contribution in [0.3, 0.4) is 0 Å². The molecule has 0 atom stereocenters. The Hall–Kier alpha value is -3.65. The van der Waals surface area contributed by atoms with Crippen molar-refractivity contribution in [3.8, 4) is 11.3 Å². The summed E-state index contributed by atoms with van der Waals surface area (Å²) in [6, 6.07) is 25.9. The highest BCUT2D eigenvalue weighted by atomic mass is 16.4. The van der Waals surface area contributed by atoms with Crippen molar-refractivity contribution in [2.24, 2.45) is 0 Å². The smallest absolute Gasteiger partial charge is 0.344 e. The maximum atomic E-state index is 12.6. The van der Waals surface area contributed by atoms with Crippen LogP contribution in [0.4, 0.5) is 0 Å². The van der Waals surface area contributed by atoms with Gasteiger partial charge in [-0.15, -0.1) is 0 Å². The average molecular weight is 392 g/mol. The highest BCUT2D eigenvalue weighted by molar-refractivity contribution is 5.89. The fourth-order valence-electron chi connectivity index (χ4n) is 3.62. The van der Waals surface area contributed by atoms with E-state index in [0.29, 0.717) is 17.6 Å². The van der Waals surface area contributed by atoms with E-state index in [1.165, 1.54) is 11.1 Å². The summed E-state index contributed by atoms with van der Waals surface area (Å²) in [7, 11) is 0. The van der Waals surface area contributed by atoms with Gasteiger partial charge in [-0.25, -0.2) is 4.79 Å². The van der Waals surface area contributed by atoms with Crippen LogP contribution < -0.4 is 5.63 Å². The van der Waals surface area contributed by atoms with Crippen LogP contribution in [0.5, 0.6) is 0 Å². The fourth-order valence-corrected chi connectivity index (χ4v) is 3.62. The molecule has 30 heavy (non-hydrogen) atoms. The van der Waals surface area contributed by atoms with Crippen molar-refractivity contribution >= 4 is 16.8 Å². The van der Waals surface area contributed by atoms with E-state index < -0.39 is 0 Å². The lowest BCUT2D eigenvalue weighted by atomic mass is 9.94. The Bertz CT molecular complexity index is 1260. The van der Waals surface area contributed by atoms with Crippen LogP contribution in [0.15, 0.2) is 106 Å². The third-order valence-corrected chi connectivity index (χ3v) is 5.20. The molecule has 0 amide bonds. The Morgan fingerprint density at radius 3 is 2.30 bits per heavy atom. The van der Waals surface area contributed by atoms with E-state index >= 15 is 0 Å². The SMILES string of the molecule is C=C(C/C=C/c1ccccc1)Cc1c(-c2ccc(C)cc2)oc(=O)c2ccccc12. The summed E-state index contributed by atoms with van der Waals surface area (Å²) in [6.07, 6.45) is 5.64. The van der Waals surface area contributed by atoms with Gasteiger partial charge in [-0.05, 0) is 36.8 Å². The molecule has 148 valence electrons. The zero-order valence-corrected chi connectivity index (χ0v) is 17.1. The second kappa shape index (κ2) is 8.79. The summed E-state index contributed by atoms with van der Waals surface area (Å²) < 4.78 is 5.81. The van der Waals surface area contributed by atoms with Crippen molar-refractivity contribution in [2.75, 3.05) is 0 Å². The predicted molar refractivity (Wildman–Crippen MR) is 126 cm³/mol. The average Bonchev–Trinajstić information content (AvgIpc) is 2.77. The lowest BCUT2D eigenvalue weighted by molar-refractivity contribution is 0.530. The Kier molecular flexibility index (Phi) is 5.76. The Labute approximate surface area is 176 Å². The first kappa shape index (κ1) is 19.7. The van der Waals surface area contributed by atoms with Gasteiger partial charge in [-0.1, -0.05) is 103 Å². The minimum absolute atomic E-state index is 0.306. The Morgan fingerprint density at radius 1 is 0.900 bits per heavy atom. The normalized spacial score (nSPS) is 11.2. The molecule has 0 radical (unpaired) electrons. The maximum absolute atomic E-state index is 12.6. The van der Waals surface area contributed by atoms with Crippen LogP contribution in [0, 0.1) is 6.92 Å². The molecule has 0 aliphatic rings. The number of fused-ring (bicyclic) bond motifs is 1. The summed E-state index contributed by atoms with van der Waals surface area (Å²) in [4.78, 5) is 12.6. The van der Waals surface area contributed by atoms with Gasteiger partial charge in [0.25, 0.3) is 0 Å². The summed E-state index contributed by atoms with van der Waals surface area (Å²) >= 11 is 0. The predicted octanol–water partition coefficient (Wildman–Crippen LogP) is 6.97. The van der Waals surface area contributed by atoms with Gasteiger partial charge in [-0.3, -0.25) is 0 Å². The first-order valence-electron chi connectivity index (χ1n) is 10.1. The first-order valence-corrected chi connectivity index (χ1v) is 10.1. The van der Waals surface area contributed by atoms with Crippen LogP contribution in [-0.4, -0.2) is 0 Å². The molecule has 1 heterocycles. The highest BCUT2D eigenvalue weighted by Gasteiger charge is 2.16. The second-order valence-corrected chi connectivity index (χ2v) is 7.55. The monoisotopic (exact) mass is 392 g/mol. The molecule has 0 saturated heterocycles. The van der Waals surface area contributed by atoms with E-state index in [1.54, 1.807) is 0 Å². The molecule has 4 aromatic rings. The molecule has 3 aromatic carbocycles. The third-order valence-electron chi connectivity index (χ3n) is 5.20. The van der Waals surface area contributed by atoms with Gasteiger partial charge in [0.2, 0.25) is 0 Å². The largest absolute Gasteiger partial charge is 0.422 e. The molecule has 4 rings (SSSR count). The fraction of sp³-hybridized carbons (Fsp3) is 0.107. The summed E-state index contributed by atoms with van der Waals surface area (Å²) in [5.41, 5.74) is 5.01. The van der Waals surface area contributed by atoms with Gasteiger partial charge >= 0.3 is 5.63 Å². The zero-order chi connectivity index (χ0) is 20.9. The van der Waals surface area contributed by atoms with E-state index in [-0.39, 0.29) is 5.63 Å². The quantitative estimate of drug-likeness (QED) is 0.332. The van der Waals surface area contributed by atoms with E-state index in [1.807, 2.05) is 73.7 Å². The molecule has 0 unspecified atom stereocenters. The van der Waals surface area contributed by atoms with Crippen molar-refractivity contribution < 1.29 is 4.42 Å². The van der Waals surface area contributed by atoms with Gasteiger partial charge in [-0.2, -0.15) is 0 Å². The van der Waals surface area contributed by atoms with E-state index in [2.05, 4.69) is 30.9 Å². The van der Waals surface area contributed by atoms with Crippen LogP contribution in [0.1, 0.15) is 23.1 Å². The van der Waals surface area contributed by atoms with E-state index in [4.69, 9.17) is 4.42 Å². The van der Waals surface area contributed by atoms with Crippen LogP contribution in [0.2, 0.25) is 0 Å². The molecule has 0 bridgehead atoms. The molecule has 2 nitrogen and oxygen atoms in total.